The zero-order chi connectivity index (χ0) is 11.7. The first-order valence-corrected chi connectivity index (χ1v) is 4.58. The summed E-state index contributed by atoms with van der Waals surface area (Å²) in [5.41, 5.74) is 0. The van der Waals surface area contributed by atoms with Crippen LogP contribution >= 0.6 is 0 Å². The van der Waals surface area contributed by atoms with Crippen molar-refractivity contribution in [3.8, 4) is 0 Å². The molecule has 86 valence electrons. The lowest BCUT2D eigenvalue weighted by Crippen LogP contribution is -2.44. The number of carbonyl (C=O) groups excluding carboxylic acids is 2. The van der Waals surface area contributed by atoms with Gasteiger partial charge in [0, 0.05) is 13.1 Å². The second-order valence-corrected chi connectivity index (χ2v) is 3.01. The number of aliphatic hydroxyl groups is 1. The van der Waals surface area contributed by atoms with E-state index in [9.17, 15) is 9.59 Å². The van der Waals surface area contributed by atoms with Crippen LogP contribution in [0.4, 0.5) is 4.79 Å². The predicted octanol–water partition coefficient (Wildman–Crippen LogP) is -1.08. The van der Waals surface area contributed by atoms with E-state index in [-0.39, 0.29) is 13.2 Å². The summed E-state index contributed by atoms with van der Waals surface area (Å²) in [4.78, 5) is 23.8. The Kier molecular flexibility index (Phi) is 7.21. The molecule has 15 heavy (non-hydrogen) atoms. The van der Waals surface area contributed by atoms with E-state index in [4.69, 9.17) is 5.11 Å². The molecule has 0 saturated heterocycles. The Morgan fingerprint density at radius 3 is 2.73 bits per heavy atom. The summed E-state index contributed by atoms with van der Waals surface area (Å²) in [7, 11) is 1.68. The average molecular weight is 215 g/mol. The quantitative estimate of drug-likeness (QED) is 0.492. The van der Waals surface area contributed by atoms with Gasteiger partial charge in [-0.3, -0.25) is 15.0 Å². The molecule has 0 saturated carbocycles. The maximum Gasteiger partial charge on any atom is 0.321 e. The van der Waals surface area contributed by atoms with Crippen LogP contribution in [0.2, 0.25) is 0 Å². The van der Waals surface area contributed by atoms with Crippen molar-refractivity contribution in [2.24, 2.45) is 0 Å². The molecule has 6 nitrogen and oxygen atoms in total. The van der Waals surface area contributed by atoms with Gasteiger partial charge >= 0.3 is 6.03 Å². The number of rotatable bonds is 6. The molecule has 0 aliphatic carbocycles. The summed E-state index contributed by atoms with van der Waals surface area (Å²) >= 11 is 0. The van der Waals surface area contributed by atoms with E-state index in [0.717, 1.165) is 0 Å². The molecule has 3 amide bonds. The number of aliphatic hydroxyl groups excluding tert-OH is 1. The third kappa shape index (κ3) is 7.65. The van der Waals surface area contributed by atoms with Crippen molar-refractivity contribution < 1.29 is 14.7 Å². The first-order chi connectivity index (χ1) is 7.10. The Labute approximate surface area is 88.9 Å². The van der Waals surface area contributed by atoms with Gasteiger partial charge in [-0.25, -0.2) is 4.79 Å². The van der Waals surface area contributed by atoms with Gasteiger partial charge < -0.3 is 10.4 Å². The molecular formula is C9H17N3O3. The predicted molar refractivity (Wildman–Crippen MR) is 56.3 cm³/mol. The lowest BCUT2D eigenvalue weighted by Gasteiger charge is -2.13. The minimum atomic E-state index is -0.544. The highest BCUT2D eigenvalue weighted by Crippen LogP contribution is 1.80. The van der Waals surface area contributed by atoms with Crippen LogP contribution < -0.4 is 10.6 Å². The Morgan fingerprint density at radius 1 is 1.53 bits per heavy atom. The Morgan fingerprint density at radius 2 is 2.20 bits per heavy atom. The van der Waals surface area contributed by atoms with Crippen LogP contribution in [0.3, 0.4) is 0 Å². The van der Waals surface area contributed by atoms with E-state index < -0.39 is 11.9 Å². The molecule has 0 bridgehead atoms. The van der Waals surface area contributed by atoms with Crippen molar-refractivity contribution >= 4 is 11.9 Å². The average Bonchev–Trinajstić information content (AvgIpc) is 2.14. The van der Waals surface area contributed by atoms with Gasteiger partial charge in [-0.1, -0.05) is 6.08 Å². The van der Waals surface area contributed by atoms with Crippen molar-refractivity contribution in [2.75, 3.05) is 33.3 Å². The number of imide groups is 1. The van der Waals surface area contributed by atoms with Crippen LogP contribution in [0.5, 0.6) is 0 Å². The van der Waals surface area contributed by atoms with Crippen LogP contribution in [0, 0.1) is 0 Å². The van der Waals surface area contributed by atoms with Crippen molar-refractivity contribution in [3.05, 3.63) is 12.7 Å². The highest BCUT2D eigenvalue weighted by atomic mass is 16.3. The number of hydrogen-bond donors (Lipinski definition) is 3. The third-order valence-electron chi connectivity index (χ3n) is 1.56. The monoisotopic (exact) mass is 215 g/mol. The summed E-state index contributed by atoms with van der Waals surface area (Å²) in [6, 6.07) is -0.544. The molecule has 0 unspecified atom stereocenters. The molecule has 0 aromatic heterocycles. The van der Waals surface area contributed by atoms with Gasteiger partial charge in [0.2, 0.25) is 5.91 Å². The maximum absolute atomic E-state index is 11.2. The molecular weight excluding hydrogens is 198 g/mol. The largest absolute Gasteiger partial charge is 0.395 e. The topological polar surface area (TPSA) is 81.7 Å². The lowest BCUT2D eigenvalue weighted by atomic mass is 10.5. The van der Waals surface area contributed by atoms with Crippen molar-refractivity contribution in [3.63, 3.8) is 0 Å². The highest BCUT2D eigenvalue weighted by molar-refractivity contribution is 5.95. The summed E-state index contributed by atoms with van der Waals surface area (Å²) in [6.07, 6.45) is 1.52. The molecule has 0 spiro atoms. The standard InChI is InChI=1S/C9H17N3O3/c1-3-4-10-9(15)11-8(14)7-12(2)5-6-13/h3,13H,1,4-7H2,2H3,(H2,10,11,14,15). The van der Waals surface area contributed by atoms with Gasteiger partial charge in [0.1, 0.15) is 0 Å². The summed E-state index contributed by atoms with van der Waals surface area (Å²) in [5.74, 6) is -0.410. The third-order valence-corrected chi connectivity index (χ3v) is 1.56. The van der Waals surface area contributed by atoms with Crippen LogP contribution in [0.15, 0.2) is 12.7 Å². The molecule has 0 aromatic carbocycles. The number of nitrogens with zero attached hydrogens (tertiary/aromatic N) is 1. The smallest absolute Gasteiger partial charge is 0.321 e. The van der Waals surface area contributed by atoms with Gasteiger partial charge in [-0.05, 0) is 7.05 Å². The van der Waals surface area contributed by atoms with Crippen molar-refractivity contribution in [1.29, 1.82) is 0 Å². The van der Waals surface area contributed by atoms with Crippen molar-refractivity contribution in [1.82, 2.24) is 15.5 Å². The van der Waals surface area contributed by atoms with Gasteiger partial charge in [-0.2, -0.15) is 0 Å². The van der Waals surface area contributed by atoms with E-state index in [1.54, 1.807) is 11.9 Å². The Balaban J connectivity index is 3.72. The molecule has 0 fully saturated rings. The molecule has 0 aliphatic rings. The van der Waals surface area contributed by atoms with Crippen LogP contribution in [0.1, 0.15) is 0 Å². The van der Waals surface area contributed by atoms with Crippen LogP contribution in [-0.2, 0) is 4.79 Å². The normalized spacial score (nSPS) is 9.80. The molecule has 0 rings (SSSR count). The summed E-state index contributed by atoms with van der Waals surface area (Å²) in [6.45, 7) is 4.17. The Hall–Kier alpha value is -1.40. The zero-order valence-corrected chi connectivity index (χ0v) is 8.82. The number of hydrogen-bond acceptors (Lipinski definition) is 4. The SMILES string of the molecule is C=CCNC(=O)NC(=O)CN(C)CCO. The second kappa shape index (κ2) is 7.95. The Bertz CT molecular complexity index is 231. The number of carbonyl (C=O) groups is 2. The van der Waals surface area contributed by atoms with Crippen LogP contribution in [-0.4, -0.2) is 55.2 Å². The number of amides is 3. The molecule has 0 aromatic rings. The minimum Gasteiger partial charge on any atom is -0.395 e. The van der Waals surface area contributed by atoms with E-state index in [1.165, 1.54) is 6.08 Å². The van der Waals surface area contributed by atoms with E-state index in [1.807, 2.05) is 0 Å². The molecule has 0 heterocycles. The van der Waals surface area contributed by atoms with E-state index >= 15 is 0 Å². The minimum absolute atomic E-state index is 0.0214. The van der Waals surface area contributed by atoms with Gasteiger partial charge in [0.15, 0.2) is 0 Å². The molecule has 6 heteroatoms. The number of nitrogens with one attached hydrogen (secondary N) is 2. The van der Waals surface area contributed by atoms with E-state index in [2.05, 4.69) is 17.2 Å². The number of urea groups is 1. The fourth-order valence-corrected chi connectivity index (χ4v) is 0.870. The second-order valence-electron chi connectivity index (χ2n) is 3.01. The van der Waals surface area contributed by atoms with Crippen molar-refractivity contribution in [2.45, 2.75) is 0 Å². The highest BCUT2D eigenvalue weighted by Gasteiger charge is 2.08. The first kappa shape index (κ1) is 13.6. The van der Waals surface area contributed by atoms with Gasteiger partial charge in [-0.15, -0.1) is 6.58 Å². The zero-order valence-electron chi connectivity index (χ0n) is 8.82. The van der Waals surface area contributed by atoms with Crippen LogP contribution in [0.25, 0.3) is 0 Å². The first-order valence-electron chi connectivity index (χ1n) is 4.58. The van der Waals surface area contributed by atoms with Gasteiger partial charge in [0.05, 0.1) is 13.2 Å². The summed E-state index contributed by atoms with van der Waals surface area (Å²) in [5, 5.41) is 13.1. The summed E-state index contributed by atoms with van der Waals surface area (Å²) < 4.78 is 0. The molecule has 0 aliphatic heterocycles. The number of likely N-dealkylation sites (N-methyl/N-ethyl adjacent to an activating group) is 1. The van der Waals surface area contributed by atoms with E-state index in [0.29, 0.717) is 13.1 Å². The fraction of sp³-hybridized carbons (Fsp3) is 0.556. The lowest BCUT2D eigenvalue weighted by molar-refractivity contribution is -0.120. The molecule has 0 atom stereocenters. The maximum atomic E-state index is 11.2. The molecule has 3 N–H and O–H groups in total. The fourth-order valence-electron chi connectivity index (χ4n) is 0.870. The molecule has 0 radical (unpaired) electrons. The van der Waals surface area contributed by atoms with Gasteiger partial charge in [0.25, 0.3) is 0 Å².